The molecule has 0 aliphatic heterocycles. The molecule has 0 bridgehead atoms. The molecule has 3 nitrogen and oxygen atoms in total. The van der Waals surface area contributed by atoms with Gasteiger partial charge in [0.2, 0.25) is 0 Å². The first-order valence-corrected chi connectivity index (χ1v) is 13.1. The van der Waals surface area contributed by atoms with Gasteiger partial charge in [-0.1, -0.05) is 81.5 Å². The highest BCUT2D eigenvalue weighted by Gasteiger charge is 2.18. The summed E-state index contributed by atoms with van der Waals surface area (Å²) in [5, 5.41) is 2.93. The van der Waals surface area contributed by atoms with Crippen molar-refractivity contribution in [2.24, 2.45) is 5.92 Å². The molecule has 192 valence electrons. The molecule has 0 fully saturated rings. The molecule has 0 aromatic heterocycles. The van der Waals surface area contributed by atoms with Crippen LogP contribution in [0.2, 0.25) is 0 Å². The van der Waals surface area contributed by atoms with Crippen molar-refractivity contribution in [3.05, 3.63) is 113 Å². The van der Waals surface area contributed by atoms with Gasteiger partial charge in [-0.2, -0.15) is 0 Å². The number of amides is 1. The van der Waals surface area contributed by atoms with Gasteiger partial charge < -0.3 is 5.32 Å². The topological polar surface area (TPSA) is 46.2 Å². The zero-order chi connectivity index (χ0) is 27.1. The van der Waals surface area contributed by atoms with Crippen molar-refractivity contribution >= 4 is 17.4 Å². The van der Waals surface area contributed by atoms with Crippen molar-refractivity contribution in [3.8, 4) is 11.1 Å². The second kappa shape index (κ2) is 12.5. The van der Waals surface area contributed by atoms with E-state index in [9.17, 15) is 9.59 Å². The Bertz CT molecular complexity index is 1330. The van der Waals surface area contributed by atoms with Crippen LogP contribution in [0.15, 0.2) is 79.4 Å². The molecule has 0 saturated carbocycles. The Hall–Kier alpha value is -3.72. The van der Waals surface area contributed by atoms with E-state index in [1.807, 2.05) is 69.3 Å². The minimum absolute atomic E-state index is 0.0630. The zero-order valence-corrected chi connectivity index (χ0v) is 22.9. The Balaban J connectivity index is 1.68. The molecule has 0 heterocycles. The lowest BCUT2D eigenvalue weighted by atomic mass is 9.90. The van der Waals surface area contributed by atoms with E-state index in [2.05, 4.69) is 44.5 Å². The van der Waals surface area contributed by atoms with Gasteiger partial charge in [-0.25, -0.2) is 0 Å². The summed E-state index contributed by atoms with van der Waals surface area (Å²) in [7, 11) is 0. The minimum atomic E-state index is -0.205. The van der Waals surface area contributed by atoms with Crippen LogP contribution in [0.25, 0.3) is 16.8 Å². The fraction of sp³-hybridized carbons (Fsp3) is 0.294. The molecule has 0 spiro atoms. The number of nitrogens with one attached hydrogen (secondary N) is 1. The number of carbonyl (C=O) groups is 2. The smallest absolute Gasteiger partial charge is 0.255 e. The van der Waals surface area contributed by atoms with E-state index in [0.29, 0.717) is 11.3 Å². The summed E-state index contributed by atoms with van der Waals surface area (Å²) in [6, 6.07) is 19.6. The summed E-state index contributed by atoms with van der Waals surface area (Å²) < 4.78 is 0. The highest BCUT2D eigenvalue weighted by Crippen LogP contribution is 2.28. The molecular weight excluding hydrogens is 454 g/mol. The number of ketones is 1. The van der Waals surface area contributed by atoms with Crippen molar-refractivity contribution in [1.29, 1.82) is 0 Å². The lowest BCUT2D eigenvalue weighted by Crippen LogP contribution is -2.21. The lowest BCUT2D eigenvalue weighted by Gasteiger charge is -2.15. The molecule has 1 N–H and O–H groups in total. The van der Waals surface area contributed by atoms with E-state index in [0.717, 1.165) is 53.5 Å². The summed E-state index contributed by atoms with van der Waals surface area (Å²) in [5.41, 5.74) is 9.23. The third-order valence-electron chi connectivity index (χ3n) is 7.01. The first-order chi connectivity index (χ1) is 17.6. The van der Waals surface area contributed by atoms with E-state index >= 15 is 0 Å². The summed E-state index contributed by atoms with van der Waals surface area (Å²) in [4.78, 5) is 26.0. The standard InChI is InChI=1S/C34H39NO2/c1-8-11-22(2)14-15-24(4)33(36)32-19-16-28(20-26(32)6)27(7)35-34(37)29-17-18-31(25(5)21-29)30-13-10-9-12-23(30)3/h9-10,12-13,16-21,24H,2,7-8,11,14-15H2,1,3-6H3,(H,35,37). The molecule has 37 heavy (non-hydrogen) atoms. The maximum absolute atomic E-state index is 13.0. The number of hydrogen-bond donors (Lipinski definition) is 1. The van der Waals surface area contributed by atoms with Crippen LogP contribution in [0.1, 0.15) is 82.5 Å². The molecule has 0 radical (unpaired) electrons. The Labute approximate surface area is 222 Å². The average Bonchev–Trinajstić information content (AvgIpc) is 2.87. The van der Waals surface area contributed by atoms with Crippen LogP contribution in [0, 0.1) is 26.7 Å². The fourth-order valence-corrected chi connectivity index (χ4v) is 4.69. The molecule has 3 aromatic carbocycles. The predicted molar refractivity (Wildman–Crippen MR) is 156 cm³/mol. The first-order valence-electron chi connectivity index (χ1n) is 13.1. The summed E-state index contributed by atoms with van der Waals surface area (Å²) in [6.07, 6.45) is 3.79. The quantitative estimate of drug-likeness (QED) is 0.215. The van der Waals surface area contributed by atoms with Crippen molar-refractivity contribution < 1.29 is 9.59 Å². The van der Waals surface area contributed by atoms with Gasteiger partial charge in [0.25, 0.3) is 5.91 Å². The summed E-state index contributed by atoms with van der Waals surface area (Å²) in [6.45, 7) is 18.4. The van der Waals surface area contributed by atoms with E-state index in [1.54, 1.807) is 0 Å². The van der Waals surface area contributed by atoms with E-state index < -0.39 is 0 Å². The van der Waals surface area contributed by atoms with E-state index in [-0.39, 0.29) is 17.6 Å². The van der Waals surface area contributed by atoms with Crippen LogP contribution < -0.4 is 5.32 Å². The SMILES string of the molecule is C=C(CCC)CCC(C)C(=O)c1ccc(C(=C)NC(=O)c2ccc(-c3ccccc3C)c(C)c2)cc1C. The van der Waals surface area contributed by atoms with Gasteiger partial charge in [-0.3, -0.25) is 9.59 Å². The number of benzene rings is 3. The van der Waals surface area contributed by atoms with Crippen LogP contribution >= 0.6 is 0 Å². The highest BCUT2D eigenvalue weighted by atomic mass is 16.1. The molecule has 1 unspecified atom stereocenters. The fourth-order valence-electron chi connectivity index (χ4n) is 4.69. The monoisotopic (exact) mass is 493 g/mol. The molecular formula is C34H39NO2. The molecule has 3 aromatic rings. The molecule has 3 heteroatoms. The van der Waals surface area contributed by atoms with Gasteiger partial charge in [0, 0.05) is 22.7 Å². The van der Waals surface area contributed by atoms with Crippen LogP contribution in [-0.2, 0) is 0 Å². The second-order valence-electron chi connectivity index (χ2n) is 10.1. The normalized spacial score (nSPS) is 11.6. The summed E-state index contributed by atoms with van der Waals surface area (Å²) in [5.74, 6) is -0.123. The van der Waals surface area contributed by atoms with Crippen LogP contribution in [0.4, 0.5) is 0 Å². The Kier molecular flexibility index (Phi) is 9.41. The van der Waals surface area contributed by atoms with Gasteiger partial charge in [0.1, 0.15) is 0 Å². The van der Waals surface area contributed by atoms with E-state index in [1.165, 1.54) is 16.7 Å². The highest BCUT2D eigenvalue weighted by molar-refractivity contribution is 6.01. The first kappa shape index (κ1) is 27.9. The third kappa shape index (κ3) is 6.95. The molecule has 0 saturated heterocycles. The third-order valence-corrected chi connectivity index (χ3v) is 7.01. The Morgan fingerprint density at radius 2 is 1.46 bits per heavy atom. The summed E-state index contributed by atoms with van der Waals surface area (Å²) >= 11 is 0. The average molecular weight is 494 g/mol. The lowest BCUT2D eigenvalue weighted by molar-refractivity contribution is 0.0922. The zero-order valence-electron chi connectivity index (χ0n) is 22.9. The van der Waals surface area contributed by atoms with Crippen molar-refractivity contribution in [2.75, 3.05) is 0 Å². The predicted octanol–water partition coefficient (Wildman–Crippen LogP) is 8.63. The molecule has 0 aliphatic carbocycles. The van der Waals surface area contributed by atoms with Crippen LogP contribution in [0.3, 0.4) is 0 Å². The molecule has 1 atom stereocenters. The van der Waals surface area contributed by atoms with Crippen LogP contribution in [-0.4, -0.2) is 11.7 Å². The number of Topliss-reactive ketones (excluding diaryl/α,β-unsaturated/α-hetero) is 1. The number of rotatable bonds is 11. The van der Waals surface area contributed by atoms with Gasteiger partial charge in [0.05, 0.1) is 0 Å². The number of hydrogen-bond acceptors (Lipinski definition) is 2. The maximum atomic E-state index is 13.0. The van der Waals surface area contributed by atoms with E-state index in [4.69, 9.17) is 0 Å². The number of allylic oxidation sites excluding steroid dienone is 1. The van der Waals surface area contributed by atoms with Crippen LogP contribution in [0.5, 0.6) is 0 Å². The molecule has 1 amide bonds. The van der Waals surface area contributed by atoms with Crippen molar-refractivity contribution in [2.45, 2.75) is 60.3 Å². The maximum Gasteiger partial charge on any atom is 0.255 e. The number of aryl methyl sites for hydroxylation is 3. The van der Waals surface area contributed by atoms with Gasteiger partial charge >= 0.3 is 0 Å². The largest absolute Gasteiger partial charge is 0.322 e. The Morgan fingerprint density at radius 3 is 2.11 bits per heavy atom. The van der Waals surface area contributed by atoms with Crippen molar-refractivity contribution in [1.82, 2.24) is 5.32 Å². The number of carbonyl (C=O) groups excluding carboxylic acids is 2. The minimum Gasteiger partial charge on any atom is -0.322 e. The molecule has 0 aliphatic rings. The van der Waals surface area contributed by atoms with Crippen molar-refractivity contribution in [3.63, 3.8) is 0 Å². The van der Waals surface area contributed by atoms with Gasteiger partial charge in [0.15, 0.2) is 5.78 Å². The Morgan fingerprint density at radius 1 is 0.811 bits per heavy atom. The molecule has 3 rings (SSSR count). The van der Waals surface area contributed by atoms with Gasteiger partial charge in [-0.15, -0.1) is 0 Å². The van der Waals surface area contributed by atoms with Gasteiger partial charge in [-0.05, 0) is 91.6 Å². The second-order valence-corrected chi connectivity index (χ2v) is 10.1.